The SMILES string of the molecule is CNCC(CC1CCCCOC1)NC(=O)N1CCCC(C(OCCNC(=O)OC)c2cccc(Cl)c2)C1. The van der Waals surface area contributed by atoms with Crippen LogP contribution in [0.3, 0.4) is 0 Å². The number of nitrogens with one attached hydrogen (secondary N) is 3. The van der Waals surface area contributed by atoms with Crippen molar-refractivity contribution < 1.29 is 23.8 Å². The second-order valence-corrected chi connectivity index (χ2v) is 10.4. The summed E-state index contributed by atoms with van der Waals surface area (Å²) in [6.07, 6.45) is 5.44. The summed E-state index contributed by atoms with van der Waals surface area (Å²) < 4.78 is 16.7. The highest BCUT2D eigenvalue weighted by molar-refractivity contribution is 6.30. The lowest BCUT2D eigenvalue weighted by Crippen LogP contribution is -2.52. The van der Waals surface area contributed by atoms with Gasteiger partial charge in [0.2, 0.25) is 0 Å². The summed E-state index contributed by atoms with van der Waals surface area (Å²) in [4.78, 5) is 26.7. The van der Waals surface area contributed by atoms with Gasteiger partial charge in [0.05, 0.1) is 19.8 Å². The molecule has 2 saturated heterocycles. The van der Waals surface area contributed by atoms with E-state index >= 15 is 0 Å². The van der Waals surface area contributed by atoms with Crippen LogP contribution >= 0.6 is 11.6 Å². The van der Waals surface area contributed by atoms with Gasteiger partial charge in [0, 0.05) is 56.4 Å². The summed E-state index contributed by atoms with van der Waals surface area (Å²) in [6, 6.07) is 7.68. The number of likely N-dealkylation sites (tertiary alicyclic amines) is 1. The van der Waals surface area contributed by atoms with Crippen LogP contribution in [0.4, 0.5) is 9.59 Å². The predicted octanol–water partition coefficient (Wildman–Crippen LogP) is 3.97. The smallest absolute Gasteiger partial charge is 0.406 e. The quantitative estimate of drug-likeness (QED) is 0.369. The zero-order valence-electron chi connectivity index (χ0n) is 22.2. The van der Waals surface area contributed by atoms with E-state index in [1.807, 2.05) is 36.2 Å². The topological polar surface area (TPSA) is 101 Å². The Balaban J connectivity index is 1.62. The number of carbonyl (C=O) groups excluding carboxylic acids is 2. The third-order valence-corrected chi connectivity index (χ3v) is 7.34. The third-order valence-electron chi connectivity index (χ3n) is 7.11. The molecular weight excluding hydrogens is 496 g/mol. The first-order chi connectivity index (χ1) is 18.0. The van der Waals surface area contributed by atoms with Crippen molar-refractivity contribution in [2.45, 2.75) is 50.7 Å². The van der Waals surface area contributed by atoms with Crippen molar-refractivity contribution in [2.75, 3.05) is 60.2 Å². The van der Waals surface area contributed by atoms with E-state index in [1.165, 1.54) is 13.5 Å². The fourth-order valence-corrected chi connectivity index (χ4v) is 5.50. The lowest BCUT2D eigenvalue weighted by atomic mass is 9.88. The van der Waals surface area contributed by atoms with Crippen LogP contribution < -0.4 is 16.0 Å². The van der Waals surface area contributed by atoms with Gasteiger partial charge in [-0.15, -0.1) is 0 Å². The first-order valence-corrected chi connectivity index (χ1v) is 13.8. The second kappa shape index (κ2) is 16.0. The summed E-state index contributed by atoms with van der Waals surface area (Å²) in [5, 5.41) is 9.80. The van der Waals surface area contributed by atoms with Crippen LogP contribution in [-0.2, 0) is 14.2 Å². The number of likely N-dealkylation sites (N-methyl/N-ethyl adjacent to an activating group) is 1. The van der Waals surface area contributed by atoms with Gasteiger partial charge in [-0.25, -0.2) is 9.59 Å². The average molecular weight is 539 g/mol. The molecule has 4 atom stereocenters. The molecule has 1 aromatic carbocycles. The van der Waals surface area contributed by atoms with E-state index in [4.69, 9.17) is 21.1 Å². The summed E-state index contributed by atoms with van der Waals surface area (Å²) in [5.41, 5.74) is 0.972. The van der Waals surface area contributed by atoms with E-state index in [2.05, 4.69) is 20.7 Å². The highest BCUT2D eigenvalue weighted by Gasteiger charge is 2.32. The largest absolute Gasteiger partial charge is 0.453 e. The molecule has 9 nitrogen and oxygen atoms in total. The van der Waals surface area contributed by atoms with Crippen LogP contribution in [0.25, 0.3) is 0 Å². The molecule has 10 heteroatoms. The van der Waals surface area contributed by atoms with Gasteiger partial charge in [0.25, 0.3) is 0 Å². The minimum atomic E-state index is -0.491. The van der Waals surface area contributed by atoms with Gasteiger partial charge < -0.3 is 35.1 Å². The predicted molar refractivity (Wildman–Crippen MR) is 144 cm³/mol. The number of methoxy groups -OCH3 is 1. The minimum absolute atomic E-state index is 0.0308. The lowest BCUT2D eigenvalue weighted by Gasteiger charge is -2.38. The molecule has 0 saturated carbocycles. The van der Waals surface area contributed by atoms with Gasteiger partial charge in [0.15, 0.2) is 0 Å². The second-order valence-electron chi connectivity index (χ2n) is 9.99. The van der Waals surface area contributed by atoms with Gasteiger partial charge in [-0.2, -0.15) is 0 Å². The minimum Gasteiger partial charge on any atom is -0.453 e. The first-order valence-electron chi connectivity index (χ1n) is 13.5. The number of alkyl carbamates (subject to hydrolysis) is 1. The number of piperidine rings is 1. The van der Waals surface area contributed by atoms with Crippen molar-refractivity contribution >= 4 is 23.7 Å². The molecule has 37 heavy (non-hydrogen) atoms. The number of hydrogen-bond donors (Lipinski definition) is 3. The molecule has 0 aliphatic carbocycles. The molecule has 0 spiro atoms. The van der Waals surface area contributed by atoms with E-state index < -0.39 is 6.09 Å². The Morgan fingerprint density at radius 2 is 2.11 bits per heavy atom. The van der Waals surface area contributed by atoms with Crippen molar-refractivity contribution in [2.24, 2.45) is 11.8 Å². The Hall–Kier alpha value is -2.07. The number of amides is 3. The summed E-state index contributed by atoms with van der Waals surface area (Å²) in [7, 11) is 3.25. The molecule has 3 N–H and O–H groups in total. The van der Waals surface area contributed by atoms with Crippen LogP contribution in [0.2, 0.25) is 5.02 Å². The van der Waals surface area contributed by atoms with Crippen LogP contribution in [0.1, 0.15) is 50.2 Å². The summed E-state index contributed by atoms with van der Waals surface area (Å²) >= 11 is 6.29. The molecule has 0 radical (unpaired) electrons. The van der Waals surface area contributed by atoms with E-state index in [0.717, 1.165) is 57.4 Å². The molecule has 1 aromatic rings. The number of nitrogens with zero attached hydrogens (tertiary/aromatic N) is 1. The van der Waals surface area contributed by atoms with Crippen molar-refractivity contribution in [1.82, 2.24) is 20.9 Å². The zero-order chi connectivity index (χ0) is 26.5. The molecule has 2 aliphatic rings. The first kappa shape index (κ1) is 29.5. The van der Waals surface area contributed by atoms with E-state index in [9.17, 15) is 9.59 Å². The Bertz CT molecular complexity index is 837. The van der Waals surface area contributed by atoms with Crippen LogP contribution in [0, 0.1) is 11.8 Å². The molecule has 4 unspecified atom stereocenters. The lowest BCUT2D eigenvalue weighted by molar-refractivity contribution is -0.00866. The molecular formula is C27H43ClN4O5. The van der Waals surface area contributed by atoms with Gasteiger partial charge in [-0.05, 0) is 62.8 Å². The number of ether oxygens (including phenoxy) is 3. The number of urea groups is 1. The summed E-state index contributed by atoms with van der Waals surface area (Å²) in [5.74, 6) is 0.573. The molecule has 3 rings (SSSR count). The van der Waals surface area contributed by atoms with Gasteiger partial charge in [0.1, 0.15) is 0 Å². The van der Waals surface area contributed by atoms with Crippen LogP contribution in [0.5, 0.6) is 0 Å². The molecule has 2 fully saturated rings. The Morgan fingerprint density at radius 3 is 2.89 bits per heavy atom. The molecule has 0 bridgehead atoms. The number of carbonyl (C=O) groups is 2. The number of benzene rings is 1. The molecule has 2 heterocycles. The molecule has 0 aromatic heterocycles. The molecule has 208 valence electrons. The molecule has 3 amide bonds. The van der Waals surface area contributed by atoms with Crippen molar-refractivity contribution in [1.29, 1.82) is 0 Å². The fraction of sp³-hybridized carbons (Fsp3) is 0.704. The van der Waals surface area contributed by atoms with E-state index in [0.29, 0.717) is 37.2 Å². The number of halogens is 1. The number of hydrogen-bond acceptors (Lipinski definition) is 6. The third kappa shape index (κ3) is 9.96. The maximum Gasteiger partial charge on any atom is 0.406 e. The van der Waals surface area contributed by atoms with Crippen LogP contribution in [0.15, 0.2) is 24.3 Å². The Morgan fingerprint density at radius 1 is 1.24 bits per heavy atom. The monoisotopic (exact) mass is 538 g/mol. The average Bonchev–Trinajstić information content (AvgIpc) is 3.17. The van der Waals surface area contributed by atoms with Crippen molar-refractivity contribution in [3.63, 3.8) is 0 Å². The Kier molecular flexibility index (Phi) is 12.8. The maximum atomic E-state index is 13.4. The fourth-order valence-electron chi connectivity index (χ4n) is 5.31. The van der Waals surface area contributed by atoms with Crippen LogP contribution in [-0.4, -0.2) is 83.2 Å². The van der Waals surface area contributed by atoms with Gasteiger partial charge >= 0.3 is 12.1 Å². The zero-order valence-corrected chi connectivity index (χ0v) is 22.9. The van der Waals surface area contributed by atoms with Crippen molar-refractivity contribution in [3.05, 3.63) is 34.9 Å². The number of rotatable bonds is 11. The van der Waals surface area contributed by atoms with Crippen molar-refractivity contribution in [3.8, 4) is 0 Å². The van der Waals surface area contributed by atoms with E-state index in [1.54, 1.807) is 0 Å². The normalized spacial score (nSPS) is 22.0. The highest BCUT2D eigenvalue weighted by Crippen LogP contribution is 2.34. The maximum absolute atomic E-state index is 13.4. The van der Waals surface area contributed by atoms with Gasteiger partial charge in [-0.3, -0.25) is 0 Å². The van der Waals surface area contributed by atoms with E-state index in [-0.39, 0.29) is 24.1 Å². The Labute approximate surface area is 225 Å². The van der Waals surface area contributed by atoms with Gasteiger partial charge in [-0.1, -0.05) is 30.2 Å². The standard InChI is InChI=1S/C27H43ClN4O5/c1-29-17-24(15-20-7-3-4-13-36-19-20)31-26(33)32-12-6-9-22(18-32)25(21-8-5-10-23(28)16-21)37-14-11-30-27(34)35-2/h5,8,10,16,20,22,24-25,29H,3-4,6-7,9,11-15,17-19H2,1-2H3,(H,30,34)(H,31,33). The molecule has 2 aliphatic heterocycles. The highest BCUT2D eigenvalue weighted by atomic mass is 35.5. The summed E-state index contributed by atoms with van der Waals surface area (Å²) in [6.45, 7) is 4.29.